The molecule has 0 heterocycles. The van der Waals surface area contributed by atoms with Crippen LogP contribution in [0.25, 0.3) is 0 Å². The van der Waals surface area contributed by atoms with Gasteiger partial charge in [-0.15, -0.1) is 0 Å². The Morgan fingerprint density at radius 1 is 1.20 bits per heavy atom. The lowest BCUT2D eigenvalue weighted by molar-refractivity contribution is -0.130. The Morgan fingerprint density at radius 2 is 1.87 bits per heavy atom. The number of rotatable bonds is 1. The van der Waals surface area contributed by atoms with E-state index in [2.05, 4.69) is 0 Å². The van der Waals surface area contributed by atoms with Crippen molar-refractivity contribution >= 4 is 11.6 Å². The van der Waals surface area contributed by atoms with E-state index in [0.717, 1.165) is 12.8 Å². The van der Waals surface area contributed by atoms with Gasteiger partial charge < -0.3 is 5.11 Å². The number of hydrogen-bond donors (Lipinski definition) is 1. The van der Waals surface area contributed by atoms with Gasteiger partial charge in [0, 0.05) is 6.42 Å². The van der Waals surface area contributed by atoms with E-state index in [1.54, 1.807) is 0 Å². The zero-order valence-electron chi connectivity index (χ0n) is 8.48. The molecule has 1 unspecified atom stereocenters. The molecule has 15 heavy (non-hydrogen) atoms. The molecule has 1 atom stereocenters. The van der Waals surface area contributed by atoms with E-state index in [0.29, 0.717) is 12.8 Å². The molecule has 1 fully saturated rings. The highest BCUT2D eigenvalue weighted by Gasteiger charge is 2.39. The summed E-state index contributed by atoms with van der Waals surface area (Å²) in [7, 11) is 0. The highest BCUT2D eigenvalue weighted by Crippen LogP contribution is 2.33. The highest BCUT2D eigenvalue weighted by molar-refractivity contribution is 6.01. The molecule has 1 N–H and O–H groups in total. The van der Waals surface area contributed by atoms with Crippen molar-refractivity contribution in [2.45, 2.75) is 31.3 Å². The molecule has 0 radical (unpaired) electrons. The lowest BCUT2D eigenvalue weighted by atomic mass is 9.74. The Labute approximate surface area is 88.5 Å². The molecule has 0 aromatic heterocycles. The van der Waals surface area contributed by atoms with Crippen LogP contribution >= 0.6 is 0 Å². The molecule has 80 valence electrons. The van der Waals surface area contributed by atoms with Gasteiger partial charge in [0.05, 0.1) is 5.92 Å². The van der Waals surface area contributed by atoms with Crippen molar-refractivity contribution in [3.05, 3.63) is 24.3 Å². The molecule has 0 bridgehead atoms. The molecular weight excluding hydrogens is 192 g/mol. The second-order valence-electron chi connectivity index (χ2n) is 4.22. The minimum Gasteiger partial charge on any atom is -0.381 e. The standard InChI is InChI=1S/C12H14O3/c13-9-5-7-12(15,8-6-9)10-3-1-2-4-11(10)14/h5-8,10,15H,1-4H2. The summed E-state index contributed by atoms with van der Waals surface area (Å²) in [6.07, 6.45) is 8.70. The van der Waals surface area contributed by atoms with E-state index >= 15 is 0 Å². The third-order valence-corrected chi connectivity index (χ3v) is 3.14. The van der Waals surface area contributed by atoms with Crippen LogP contribution in [0.5, 0.6) is 0 Å². The lowest BCUT2D eigenvalue weighted by Gasteiger charge is -2.33. The topological polar surface area (TPSA) is 54.4 Å². The molecule has 2 aliphatic carbocycles. The minimum atomic E-state index is -1.23. The summed E-state index contributed by atoms with van der Waals surface area (Å²) in [5, 5.41) is 10.2. The van der Waals surface area contributed by atoms with Gasteiger partial charge in [-0.05, 0) is 37.1 Å². The normalized spacial score (nSPS) is 29.5. The van der Waals surface area contributed by atoms with Gasteiger partial charge in [0.2, 0.25) is 0 Å². The van der Waals surface area contributed by atoms with Gasteiger partial charge in [-0.3, -0.25) is 9.59 Å². The van der Waals surface area contributed by atoms with Crippen molar-refractivity contribution in [1.82, 2.24) is 0 Å². The van der Waals surface area contributed by atoms with Gasteiger partial charge >= 0.3 is 0 Å². The summed E-state index contributed by atoms with van der Waals surface area (Å²) >= 11 is 0. The maximum Gasteiger partial charge on any atom is 0.178 e. The molecule has 0 aromatic rings. The summed E-state index contributed by atoms with van der Waals surface area (Å²) in [6, 6.07) is 0. The Morgan fingerprint density at radius 3 is 2.47 bits per heavy atom. The maximum atomic E-state index is 11.7. The summed E-state index contributed by atoms with van der Waals surface area (Å²) in [5.74, 6) is -0.401. The van der Waals surface area contributed by atoms with Crippen molar-refractivity contribution in [3.8, 4) is 0 Å². The zero-order valence-corrected chi connectivity index (χ0v) is 8.48. The van der Waals surface area contributed by atoms with Crippen molar-refractivity contribution in [2.24, 2.45) is 5.92 Å². The third kappa shape index (κ3) is 1.92. The van der Waals surface area contributed by atoms with Gasteiger partial charge in [-0.25, -0.2) is 0 Å². The fourth-order valence-electron chi connectivity index (χ4n) is 2.25. The van der Waals surface area contributed by atoms with Crippen LogP contribution in [0.2, 0.25) is 0 Å². The summed E-state index contributed by atoms with van der Waals surface area (Å²) < 4.78 is 0. The molecular formula is C12H14O3. The van der Waals surface area contributed by atoms with Crippen LogP contribution in [0.15, 0.2) is 24.3 Å². The van der Waals surface area contributed by atoms with Crippen molar-refractivity contribution < 1.29 is 14.7 Å². The third-order valence-electron chi connectivity index (χ3n) is 3.14. The van der Waals surface area contributed by atoms with E-state index in [-0.39, 0.29) is 17.5 Å². The van der Waals surface area contributed by atoms with E-state index in [4.69, 9.17) is 0 Å². The average Bonchev–Trinajstić information content (AvgIpc) is 2.23. The fourth-order valence-corrected chi connectivity index (χ4v) is 2.25. The SMILES string of the molecule is O=C1C=CC(O)(C2CCCCC2=O)C=C1. The largest absolute Gasteiger partial charge is 0.381 e. The predicted molar refractivity (Wildman–Crippen MR) is 55.2 cm³/mol. The fraction of sp³-hybridized carbons (Fsp3) is 0.500. The smallest absolute Gasteiger partial charge is 0.178 e. The first-order valence-electron chi connectivity index (χ1n) is 5.29. The molecule has 0 aliphatic heterocycles. The molecule has 3 nitrogen and oxygen atoms in total. The first-order valence-corrected chi connectivity index (χ1v) is 5.29. The summed E-state index contributed by atoms with van der Waals surface area (Å²) in [5.41, 5.74) is -1.23. The van der Waals surface area contributed by atoms with Crippen molar-refractivity contribution in [2.75, 3.05) is 0 Å². The average molecular weight is 206 g/mol. The van der Waals surface area contributed by atoms with Crippen LogP contribution in [-0.4, -0.2) is 22.3 Å². The predicted octanol–water partition coefficient (Wildman–Crippen LogP) is 1.17. The highest BCUT2D eigenvalue weighted by atomic mass is 16.3. The molecule has 2 aliphatic rings. The number of aliphatic hydroxyl groups is 1. The van der Waals surface area contributed by atoms with Gasteiger partial charge in [0.25, 0.3) is 0 Å². The van der Waals surface area contributed by atoms with Crippen molar-refractivity contribution in [3.63, 3.8) is 0 Å². The summed E-state index contributed by atoms with van der Waals surface area (Å²) in [4.78, 5) is 22.6. The Hall–Kier alpha value is -1.22. The second kappa shape index (κ2) is 3.74. The Bertz CT molecular complexity index is 336. The van der Waals surface area contributed by atoms with Gasteiger partial charge in [-0.2, -0.15) is 0 Å². The number of Topliss-reactive ketones (excluding diaryl/α,β-unsaturated/α-hetero) is 1. The van der Waals surface area contributed by atoms with Crippen LogP contribution in [0.1, 0.15) is 25.7 Å². The lowest BCUT2D eigenvalue weighted by Crippen LogP contribution is -2.41. The number of carbonyl (C=O) groups excluding carboxylic acids is 2. The molecule has 0 saturated heterocycles. The van der Waals surface area contributed by atoms with Gasteiger partial charge in [0.15, 0.2) is 5.78 Å². The van der Waals surface area contributed by atoms with Crippen LogP contribution < -0.4 is 0 Å². The quantitative estimate of drug-likeness (QED) is 0.700. The monoisotopic (exact) mass is 206 g/mol. The Kier molecular flexibility index (Phi) is 2.57. The molecule has 3 heteroatoms. The number of hydrogen-bond acceptors (Lipinski definition) is 3. The minimum absolute atomic E-state index is 0.104. The van der Waals surface area contributed by atoms with Gasteiger partial charge in [0.1, 0.15) is 11.4 Å². The second-order valence-corrected chi connectivity index (χ2v) is 4.22. The zero-order chi connectivity index (χ0) is 10.9. The first-order chi connectivity index (χ1) is 7.12. The van der Waals surface area contributed by atoms with E-state index in [1.807, 2.05) is 0 Å². The molecule has 2 rings (SSSR count). The van der Waals surface area contributed by atoms with Gasteiger partial charge in [-0.1, -0.05) is 6.42 Å². The first kappa shape index (κ1) is 10.3. The number of carbonyl (C=O) groups is 2. The molecule has 0 aromatic carbocycles. The van der Waals surface area contributed by atoms with Crippen LogP contribution in [-0.2, 0) is 9.59 Å². The van der Waals surface area contributed by atoms with Crippen molar-refractivity contribution in [1.29, 1.82) is 0 Å². The molecule has 0 amide bonds. The van der Waals surface area contributed by atoms with E-state index in [9.17, 15) is 14.7 Å². The van der Waals surface area contributed by atoms with Crippen LogP contribution in [0.3, 0.4) is 0 Å². The molecule has 0 spiro atoms. The number of ketones is 2. The molecule has 1 saturated carbocycles. The number of allylic oxidation sites excluding steroid dienone is 2. The Balaban J connectivity index is 2.21. The maximum absolute atomic E-state index is 11.7. The summed E-state index contributed by atoms with van der Waals surface area (Å²) in [6.45, 7) is 0. The van der Waals surface area contributed by atoms with E-state index in [1.165, 1.54) is 24.3 Å². The van der Waals surface area contributed by atoms with Crippen LogP contribution in [0.4, 0.5) is 0 Å². The van der Waals surface area contributed by atoms with E-state index < -0.39 is 5.60 Å². The van der Waals surface area contributed by atoms with Crippen LogP contribution in [0, 0.1) is 5.92 Å².